The van der Waals surface area contributed by atoms with Crippen molar-refractivity contribution < 1.29 is 5.11 Å². The summed E-state index contributed by atoms with van der Waals surface area (Å²) in [5.74, 6) is 0. The maximum atomic E-state index is 9.55. The van der Waals surface area contributed by atoms with E-state index >= 15 is 0 Å². The Bertz CT molecular complexity index is 399. The Morgan fingerprint density at radius 2 is 2.07 bits per heavy atom. The Morgan fingerprint density at radius 1 is 1.27 bits per heavy atom. The average Bonchev–Trinajstić information content (AvgIpc) is 2.22. The largest absolute Gasteiger partial charge is 0.389 e. The number of hydrogen-bond donors (Lipinski definition) is 1. The topological polar surface area (TPSA) is 20.2 Å². The van der Waals surface area contributed by atoms with Gasteiger partial charge in [0.2, 0.25) is 0 Å². The average molecular weight is 243 g/mol. The van der Waals surface area contributed by atoms with E-state index in [1.807, 2.05) is 18.2 Å². The molecular formula is C12H12Cl2O. The molecule has 3 heteroatoms. The molecule has 0 aromatic heterocycles. The molecule has 1 N–H and O–H groups in total. The van der Waals surface area contributed by atoms with Gasteiger partial charge in [-0.1, -0.05) is 41.4 Å². The van der Waals surface area contributed by atoms with Crippen LogP contribution < -0.4 is 0 Å². The maximum absolute atomic E-state index is 9.55. The number of benzene rings is 1. The summed E-state index contributed by atoms with van der Waals surface area (Å²) in [6, 6.07) is 5.59. The molecule has 80 valence electrons. The lowest BCUT2D eigenvalue weighted by Gasteiger charge is -2.18. The highest BCUT2D eigenvalue weighted by Gasteiger charge is 2.15. The summed E-state index contributed by atoms with van der Waals surface area (Å²) in [6.45, 7) is 0. The highest BCUT2D eigenvalue weighted by atomic mass is 35.5. The molecule has 1 atom stereocenters. The molecule has 0 aliphatic heterocycles. The monoisotopic (exact) mass is 242 g/mol. The first kappa shape index (κ1) is 11.0. The zero-order valence-corrected chi connectivity index (χ0v) is 9.72. The zero-order valence-electron chi connectivity index (χ0n) is 8.21. The smallest absolute Gasteiger partial charge is 0.0726 e. The third-order valence-corrected chi connectivity index (χ3v) is 3.46. The SMILES string of the molecule is OC1C=C(c2cccc(Cl)c2Cl)CCC1. The Morgan fingerprint density at radius 3 is 2.80 bits per heavy atom. The summed E-state index contributed by atoms with van der Waals surface area (Å²) in [5, 5.41) is 10.7. The van der Waals surface area contributed by atoms with Gasteiger partial charge in [-0.15, -0.1) is 0 Å². The Labute approximate surface area is 99.3 Å². The summed E-state index contributed by atoms with van der Waals surface area (Å²) < 4.78 is 0. The van der Waals surface area contributed by atoms with Crippen LogP contribution in [0.4, 0.5) is 0 Å². The second-order valence-corrected chi connectivity index (χ2v) is 4.54. The first-order chi connectivity index (χ1) is 7.18. The highest BCUT2D eigenvalue weighted by Crippen LogP contribution is 2.35. The number of hydrogen-bond acceptors (Lipinski definition) is 1. The Balaban J connectivity index is 2.41. The Kier molecular flexibility index (Phi) is 3.35. The van der Waals surface area contributed by atoms with Gasteiger partial charge in [0.15, 0.2) is 0 Å². The third-order valence-electron chi connectivity index (χ3n) is 2.64. The molecule has 1 aliphatic rings. The van der Waals surface area contributed by atoms with Gasteiger partial charge in [0.1, 0.15) is 0 Å². The van der Waals surface area contributed by atoms with Crippen molar-refractivity contribution in [3.63, 3.8) is 0 Å². The molecule has 0 spiro atoms. The lowest BCUT2D eigenvalue weighted by Crippen LogP contribution is -2.08. The molecule has 0 saturated carbocycles. The summed E-state index contributed by atoms with van der Waals surface area (Å²) in [7, 11) is 0. The summed E-state index contributed by atoms with van der Waals surface area (Å²) in [4.78, 5) is 0. The van der Waals surface area contributed by atoms with Gasteiger partial charge in [0, 0.05) is 0 Å². The molecule has 1 unspecified atom stereocenters. The number of halogens is 2. The van der Waals surface area contributed by atoms with Crippen LogP contribution in [0, 0.1) is 0 Å². The number of aliphatic hydroxyl groups excluding tert-OH is 1. The van der Waals surface area contributed by atoms with E-state index in [1.165, 1.54) is 0 Å². The van der Waals surface area contributed by atoms with Gasteiger partial charge < -0.3 is 5.11 Å². The van der Waals surface area contributed by atoms with Crippen LogP contribution in [-0.2, 0) is 0 Å². The lowest BCUT2D eigenvalue weighted by molar-refractivity contribution is 0.206. The van der Waals surface area contributed by atoms with Crippen molar-refractivity contribution in [2.75, 3.05) is 0 Å². The van der Waals surface area contributed by atoms with Gasteiger partial charge in [-0.2, -0.15) is 0 Å². The van der Waals surface area contributed by atoms with Crippen LogP contribution in [0.25, 0.3) is 5.57 Å². The molecule has 15 heavy (non-hydrogen) atoms. The van der Waals surface area contributed by atoms with Crippen molar-refractivity contribution in [3.8, 4) is 0 Å². The zero-order chi connectivity index (χ0) is 10.8. The van der Waals surface area contributed by atoms with Crippen LogP contribution in [0.15, 0.2) is 24.3 Å². The quantitative estimate of drug-likeness (QED) is 0.792. The van der Waals surface area contributed by atoms with Crippen LogP contribution >= 0.6 is 23.2 Å². The molecule has 1 aromatic carbocycles. The van der Waals surface area contributed by atoms with Gasteiger partial charge in [-0.3, -0.25) is 0 Å². The second kappa shape index (κ2) is 4.56. The van der Waals surface area contributed by atoms with Gasteiger partial charge in [0.25, 0.3) is 0 Å². The fourth-order valence-electron chi connectivity index (χ4n) is 1.88. The molecule has 0 heterocycles. The van der Waals surface area contributed by atoms with Crippen molar-refractivity contribution in [1.29, 1.82) is 0 Å². The van der Waals surface area contributed by atoms with E-state index in [0.29, 0.717) is 10.0 Å². The summed E-state index contributed by atoms with van der Waals surface area (Å²) in [6.07, 6.45) is 4.32. The van der Waals surface area contributed by atoms with E-state index in [9.17, 15) is 5.11 Å². The van der Waals surface area contributed by atoms with Gasteiger partial charge in [0.05, 0.1) is 16.1 Å². The molecule has 0 radical (unpaired) electrons. The molecule has 1 aromatic rings. The third kappa shape index (κ3) is 2.36. The predicted octanol–water partition coefficient (Wildman–Crippen LogP) is 3.92. The minimum atomic E-state index is -0.344. The van der Waals surface area contributed by atoms with Crippen molar-refractivity contribution in [1.82, 2.24) is 0 Å². The fourth-order valence-corrected chi connectivity index (χ4v) is 2.30. The Hall–Kier alpha value is -0.500. The van der Waals surface area contributed by atoms with E-state index < -0.39 is 0 Å². The molecule has 0 fully saturated rings. The van der Waals surface area contributed by atoms with Gasteiger partial charge >= 0.3 is 0 Å². The normalized spacial score (nSPS) is 21.3. The maximum Gasteiger partial charge on any atom is 0.0726 e. The van der Waals surface area contributed by atoms with Gasteiger partial charge in [-0.05, 0) is 36.5 Å². The van der Waals surface area contributed by atoms with E-state index in [1.54, 1.807) is 6.07 Å². The van der Waals surface area contributed by atoms with Crippen molar-refractivity contribution in [2.45, 2.75) is 25.4 Å². The highest BCUT2D eigenvalue weighted by molar-refractivity contribution is 6.43. The number of aliphatic hydroxyl groups is 1. The van der Waals surface area contributed by atoms with Crippen molar-refractivity contribution >= 4 is 28.8 Å². The molecule has 1 nitrogen and oxygen atoms in total. The van der Waals surface area contributed by atoms with E-state index in [4.69, 9.17) is 23.2 Å². The van der Waals surface area contributed by atoms with Crippen LogP contribution in [0.2, 0.25) is 10.0 Å². The molecule has 2 rings (SSSR count). The molecule has 0 amide bonds. The van der Waals surface area contributed by atoms with E-state index in [0.717, 1.165) is 30.4 Å². The number of rotatable bonds is 1. The standard InChI is InChI=1S/C12H12Cl2O/c13-11-6-2-5-10(12(11)14)8-3-1-4-9(15)7-8/h2,5-7,9,15H,1,3-4H2. The number of allylic oxidation sites excluding steroid dienone is 1. The molecule has 1 aliphatic carbocycles. The summed E-state index contributed by atoms with van der Waals surface area (Å²) >= 11 is 12.1. The first-order valence-corrected chi connectivity index (χ1v) is 5.77. The van der Waals surface area contributed by atoms with Crippen LogP contribution in [0.3, 0.4) is 0 Å². The van der Waals surface area contributed by atoms with Crippen LogP contribution in [-0.4, -0.2) is 11.2 Å². The predicted molar refractivity (Wildman–Crippen MR) is 64.3 cm³/mol. The second-order valence-electron chi connectivity index (χ2n) is 3.75. The fraction of sp³-hybridized carbons (Fsp3) is 0.333. The van der Waals surface area contributed by atoms with Gasteiger partial charge in [-0.25, -0.2) is 0 Å². The minimum absolute atomic E-state index is 0.344. The van der Waals surface area contributed by atoms with Crippen LogP contribution in [0.5, 0.6) is 0 Å². The molecule has 0 bridgehead atoms. The minimum Gasteiger partial charge on any atom is -0.389 e. The molecule has 0 saturated heterocycles. The van der Waals surface area contributed by atoms with E-state index in [-0.39, 0.29) is 6.10 Å². The molecular weight excluding hydrogens is 231 g/mol. The van der Waals surface area contributed by atoms with Crippen LogP contribution in [0.1, 0.15) is 24.8 Å². The van der Waals surface area contributed by atoms with E-state index in [2.05, 4.69) is 0 Å². The lowest BCUT2D eigenvalue weighted by atomic mass is 9.92. The first-order valence-electron chi connectivity index (χ1n) is 5.01. The van der Waals surface area contributed by atoms with Crippen molar-refractivity contribution in [3.05, 3.63) is 39.9 Å². The summed E-state index contributed by atoms with van der Waals surface area (Å²) in [5.41, 5.74) is 2.05. The van der Waals surface area contributed by atoms with Crippen molar-refractivity contribution in [2.24, 2.45) is 0 Å².